The summed E-state index contributed by atoms with van der Waals surface area (Å²) in [7, 11) is 0. The van der Waals surface area contributed by atoms with Gasteiger partial charge < -0.3 is 0 Å². The van der Waals surface area contributed by atoms with Crippen LogP contribution >= 0.6 is 0 Å². The van der Waals surface area contributed by atoms with Gasteiger partial charge in [-0.05, 0) is 6.07 Å². The second-order valence-electron chi connectivity index (χ2n) is 2.36. The number of nitrogens with one attached hydrogen (secondary N) is 1. The number of aliphatic imine (C=N–C) groups is 1. The third-order valence-corrected chi connectivity index (χ3v) is 1.60. The first-order valence-electron chi connectivity index (χ1n) is 3.45. The zero-order valence-electron chi connectivity index (χ0n) is 5.99. The Morgan fingerprint density at radius 1 is 1.64 bits per heavy atom. The Hall–Kier alpha value is -1.36. The maximum atomic E-state index is 5.62. The molecule has 3 N–H and O–H groups in total. The summed E-state index contributed by atoms with van der Waals surface area (Å²) in [5.74, 6) is 6.39. The lowest BCUT2D eigenvalue weighted by Crippen LogP contribution is -2.35. The van der Waals surface area contributed by atoms with Crippen molar-refractivity contribution in [3.63, 3.8) is 0 Å². The summed E-state index contributed by atoms with van der Waals surface area (Å²) in [6, 6.07) is 1.85. The van der Waals surface area contributed by atoms with E-state index in [1.807, 2.05) is 6.07 Å². The van der Waals surface area contributed by atoms with E-state index in [-0.39, 0.29) is 0 Å². The maximum Gasteiger partial charge on any atom is 0.166 e. The van der Waals surface area contributed by atoms with Crippen molar-refractivity contribution in [3.8, 4) is 0 Å². The van der Waals surface area contributed by atoms with Crippen LogP contribution in [0.4, 0.5) is 0 Å². The molecule has 0 aromatic carbocycles. The lowest BCUT2D eigenvalue weighted by Gasteiger charge is -2.09. The van der Waals surface area contributed by atoms with Crippen LogP contribution < -0.4 is 5.84 Å². The van der Waals surface area contributed by atoms with E-state index < -0.39 is 0 Å². The molecule has 0 spiro atoms. The van der Waals surface area contributed by atoms with Crippen LogP contribution in [-0.4, -0.2) is 34.1 Å². The van der Waals surface area contributed by atoms with E-state index in [9.17, 15) is 0 Å². The number of amidine groups is 1. The summed E-state index contributed by atoms with van der Waals surface area (Å²) >= 11 is 0. The molecule has 1 aliphatic heterocycles. The largest absolute Gasteiger partial charge is 0.291 e. The number of hydrazine groups is 1. The number of H-pyrrole nitrogens is 1. The summed E-state index contributed by atoms with van der Waals surface area (Å²) in [6.45, 7) is 1.54. The van der Waals surface area contributed by atoms with Crippen LogP contribution in [0.2, 0.25) is 0 Å². The Labute approximate surface area is 63.9 Å². The zero-order valence-corrected chi connectivity index (χ0v) is 5.99. The minimum absolute atomic E-state index is 0.763. The number of hydrogen-bond donors (Lipinski definition) is 2. The number of aromatic nitrogens is 2. The standard InChI is InChI=1S/C6H9N5/c7-11-4-3-8-6(11)5-1-2-9-10-5/h1-2H,3-4,7H2,(H,9,10). The van der Waals surface area contributed by atoms with Crippen LogP contribution in [0.1, 0.15) is 5.69 Å². The summed E-state index contributed by atoms with van der Waals surface area (Å²) in [5.41, 5.74) is 0.810. The van der Waals surface area contributed by atoms with Gasteiger partial charge in [-0.2, -0.15) is 5.10 Å². The molecule has 5 heteroatoms. The summed E-state index contributed by atoms with van der Waals surface area (Å²) < 4.78 is 0. The molecule has 1 aliphatic rings. The lowest BCUT2D eigenvalue weighted by molar-refractivity contribution is 0.483. The molecule has 0 fully saturated rings. The van der Waals surface area contributed by atoms with Gasteiger partial charge in [0.1, 0.15) is 5.69 Å². The van der Waals surface area contributed by atoms with Crippen molar-refractivity contribution in [2.75, 3.05) is 13.1 Å². The van der Waals surface area contributed by atoms with Crippen molar-refractivity contribution >= 4 is 5.84 Å². The molecule has 58 valence electrons. The molecule has 0 aliphatic carbocycles. The average Bonchev–Trinajstić information content (AvgIpc) is 2.55. The fourth-order valence-corrected chi connectivity index (χ4v) is 1.07. The van der Waals surface area contributed by atoms with Crippen LogP contribution in [-0.2, 0) is 0 Å². The van der Waals surface area contributed by atoms with Gasteiger partial charge in [0.2, 0.25) is 0 Å². The second-order valence-corrected chi connectivity index (χ2v) is 2.36. The van der Waals surface area contributed by atoms with E-state index in [2.05, 4.69) is 15.2 Å². The van der Waals surface area contributed by atoms with Crippen LogP contribution in [0.25, 0.3) is 0 Å². The third kappa shape index (κ3) is 0.988. The van der Waals surface area contributed by atoms with Crippen LogP contribution in [0.15, 0.2) is 17.3 Å². The predicted octanol–water partition coefficient (Wildman–Crippen LogP) is -0.654. The first-order valence-corrected chi connectivity index (χ1v) is 3.45. The molecule has 2 heterocycles. The lowest BCUT2D eigenvalue weighted by atomic mass is 10.4. The van der Waals surface area contributed by atoms with Crippen molar-refractivity contribution < 1.29 is 0 Å². The van der Waals surface area contributed by atoms with E-state index in [1.54, 1.807) is 11.2 Å². The quantitative estimate of drug-likeness (QED) is 0.524. The molecular weight excluding hydrogens is 142 g/mol. The highest BCUT2D eigenvalue weighted by atomic mass is 15.5. The molecule has 11 heavy (non-hydrogen) atoms. The first-order chi connectivity index (χ1) is 5.38. The maximum absolute atomic E-state index is 5.62. The average molecular weight is 151 g/mol. The topological polar surface area (TPSA) is 70.3 Å². The molecule has 1 aromatic heterocycles. The smallest absolute Gasteiger partial charge is 0.166 e. The van der Waals surface area contributed by atoms with E-state index in [1.165, 1.54) is 0 Å². The van der Waals surface area contributed by atoms with Gasteiger partial charge in [-0.1, -0.05) is 0 Å². The minimum atomic E-state index is 0.763. The zero-order chi connectivity index (χ0) is 7.68. The molecule has 5 nitrogen and oxygen atoms in total. The van der Waals surface area contributed by atoms with Gasteiger partial charge in [-0.25, -0.2) is 5.84 Å². The number of rotatable bonds is 1. The van der Waals surface area contributed by atoms with Gasteiger partial charge in [0.25, 0.3) is 0 Å². The van der Waals surface area contributed by atoms with Crippen molar-refractivity contribution in [2.24, 2.45) is 10.8 Å². The molecule has 0 amide bonds. The Kier molecular flexibility index (Phi) is 1.36. The predicted molar refractivity (Wildman–Crippen MR) is 40.9 cm³/mol. The summed E-state index contributed by atoms with van der Waals surface area (Å²) in [4.78, 5) is 4.19. The normalized spacial score (nSPS) is 17.2. The Bertz CT molecular complexity index is 263. The molecule has 1 aromatic rings. The van der Waals surface area contributed by atoms with Crippen molar-refractivity contribution in [2.45, 2.75) is 0 Å². The number of nitrogens with zero attached hydrogens (tertiary/aromatic N) is 3. The minimum Gasteiger partial charge on any atom is -0.291 e. The van der Waals surface area contributed by atoms with Crippen molar-refractivity contribution in [1.82, 2.24) is 15.2 Å². The highest BCUT2D eigenvalue weighted by Crippen LogP contribution is 2.03. The highest BCUT2D eigenvalue weighted by molar-refractivity contribution is 5.97. The number of aromatic amines is 1. The molecule has 0 unspecified atom stereocenters. The molecule has 0 saturated heterocycles. The molecule has 2 rings (SSSR count). The molecule has 0 atom stereocenters. The van der Waals surface area contributed by atoms with E-state index >= 15 is 0 Å². The fourth-order valence-electron chi connectivity index (χ4n) is 1.07. The van der Waals surface area contributed by atoms with E-state index in [4.69, 9.17) is 5.84 Å². The van der Waals surface area contributed by atoms with Crippen LogP contribution in [0.3, 0.4) is 0 Å². The fraction of sp³-hybridized carbons (Fsp3) is 0.333. The van der Waals surface area contributed by atoms with E-state index in [0.717, 1.165) is 24.6 Å². The van der Waals surface area contributed by atoms with Crippen molar-refractivity contribution in [3.05, 3.63) is 18.0 Å². The Morgan fingerprint density at radius 3 is 3.09 bits per heavy atom. The van der Waals surface area contributed by atoms with Crippen LogP contribution in [0, 0.1) is 0 Å². The summed E-state index contributed by atoms with van der Waals surface area (Å²) in [6.07, 6.45) is 1.75. The summed E-state index contributed by atoms with van der Waals surface area (Å²) in [5, 5.41) is 8.29. The molecule has 0 saturated carbocycles. The van der Waals surface area contributed by atoms with Crippen molar-refractivity contribution in [1.29, 1.82) is 0 Å². The van der Waals surface area contributed by atoms with E-state index in [0.29, 0.717) is 0 Å². The van der Waals surface area contributed by atoms with Crippen LogP contribution in [0.5, 0.6) is 0 Å². The highest BCUT2D eigenvalue weighted by Gasteiger charge is 2.16. The SMILES string of the molecule is NN1CCN=C1c1cc[nH]n1. The third-order valence-electron chi connectivity index (χ3n) is 1.60. The van der Waals surface area contributed by atoms with Gasteiger partial charge in [0, 0.05) is 6.20 Å². The van der Waals surface area contributed by atoms with Gasteiger partial charge in [0.05, 0.1) is 13.1 Å². The number of nitrogens with two attached hydrogens (primary N) is 1. The Balaban J connectivity index is 2.30. The van der Waals surface area contributed by atoms with Gasteiger partial charge in [-0.3, -0.25) is 15.1 Å². The molecule has 0 radical (unpaired) electrons. The first kappa shape index (κ1) is 6.36. The molecule has 0 bridgehead atoms. The monoisotopic (exact) mass is 151 g/mol. The van der Waals surface area contributed by atoms with Gasteiger partial charge in [-0.15, -0.1) is 0 Å². The van der Waals surface area contributed by atoms with Gasteiger partial charge >= 0.3 is 0 Å². The number of hydrogen-bond acceptors (Lipinski definition) is 4. The Morgan fingerprint density at radius 2 is 2.55 bits per heavy atom. The van der Waals surface area contributed by atoms with Gasteiger partial charge in [0.15, 0.2) is 5.84 Å². The molecular formula is C6H9N5. The second kappa shape index (κ2) is 2.35.